The molecule has 112 valence electrons. The second-order valence-electron chi connectivity index (χ2n) is 6.20. The van der Waals surface area contributed by atoms with Crippen molar-refractivity contribution in [3.63, 3.8) is 0 Å². The number of hydrogen-bond donors (Lipinski definition) is 2. The molecule has 0 heterocycles. The molecular formula is C16H24F2N2. The fraction of sp³-hybridized carbons (Fsp3) is 0.625. The van der Waals surface area contributed by atoms with Gasteiger partial charge in [-0.3, -0.25) is 11.3 Å². The number of halogens is 2. The van der Waals surface area contributed by atoms with Gasteiger partial charge in [-0.15, -0.1) is 0 Å². The number of nitrogens with one attached hydrogen (secondary N) is 1. The quantitative estimate of drug-likeness (QED) is 0.648. The van der Waals surface area contributed by atoms with Gasteiger partial charge in [0.2, 0.25) is 0 Å². The largest absolute Gasteiger partial charge is 0.271 e. The summed E-state index contributed by atoms with van der Waals surface area (Å²) < 4.78 is 27.8. The third-order valence-electron chi connectivity index (χ3n) is 4.72. The van der Waals surface area contributed by atoms with Crippen molar-refractivity contribution >= 4 is 0 Å². The minimum atomic E-state index is -0.515. The highest BCUT2D eigenvalue weighted by Crippen LogP contribution is 2.40. The molecule has 1 aliphatic carbocycles. The van der Waals surface area contributed by atoms with Crippen LogP contribution in [0.3, 0.4) is 0 Å². The predicted molar refractivity (Wildman–Crippen MR) is 76.7 cm³/mol. The van der Waals surface area contributed by atoms with E-state index in [4.69, 9.17) is 5.84 Å². The summed E-state index contributed by atoms with van der Waals surface area (Å²) in [6, 6.07) is 3.53. The average Bonchev–Trinajstić information content (AvgIpc) is 2.43. The molecule has 1 fully saturated rings. The van der Waals surface area contributed by atoms with E-state index in [-0.39, 0.29) is 11.5 Å². The Bertz CT molecular complexity index is 420. The van der Waals surface area contributed by atoms with Crippen LogP contribution in [0.15, 0.2) is 18.2 Å². The molecule has 1 unspecified atom stereocenters. The highest BCUT2D eigenvalue weighted by molar-refractivity contribution is 5.24. The first-order valence-electron chi connectivity index (χ1n) is 7.44. The Kier molecular flexibility index (Phi) is 5.11. The van der Waals surface area contributed by atoms with Crippen molar-refractivity contribution in [3.05, 3.63) is 35.4 Å². The third kappa shape index (κ3) is 3.18. The fourth-order valence-corrected chi connectivity index (χ4v) is 3.41. The van der Waals surface area contributed by atoms with E-state index < -0.39 is 17.7 Å². The zero-order valence-corrected chi connectivity index (χ0v) is 12.2. The summed E-state index contributed by atoms with van der Waals surface area (Å²) in [5.41, 5.74) is 2.72. The van der Waals surface area contributed by atoms with Gasteiger partial charge in [0.05, 0.1) is 6.04 Å². The molecule has 1 aliphatic rings. The van der Waals surface area contributed by atoms with E-state index in [0.29, 0.717) is 5.92 Å². The van der Waals surface area contributed by atoms with Crippen molar-refractivity contribution in [3.8, 4) is 0 Å². The van der Waals surface area contributed by atoms with Crippen LogP contribution >= 0.6 is 0 Å². The van der Waals surface area contributed by atoms with Crippen molar-refractivity contribution in [2.45, 2.75) is 45.6 Å². The average molecular weight is 282 g/mol. The van der Waals surface area contributed by atoms with E-state index in [2.05, 4.69) is 19.3 Å². The van der Waals surface area contributed by atoms with E-state index in [9.17, 15) is 8.78 Å². The molecule has 0 aliphatic heterocycles. The number of hydrazine groups is 1. The first-order valence-corrected chi connectivity index (χ1v) is 7.44. The summed E-state index contributed by atoms with van der Waals surface area (Å²) in [5.74, 6) is 6.14. The minimum Gasteiger partial charge on any atom is -0.271 e. The third-order valence-corrected chi connectivity index (χ3v) is 4.72. The van der Waals surface area contributed by atoms with Crippen LogP contribution in [0.5, 0.6) is 0 Å². The lowest BCUT2D eigenvalue weighted by atomic mass is 9.73. The standard InChI is InChI=1S/C16H24F2N2/c1-10(2)11-6-8-12(9-7-11)16(20-19)15-13(17)4-3-5-14(15)18/h3-5,10-12,16,20H,6-9,19H2,1-2H3. The molecule has 0 bridgehead atoms. The maximum atomic E-state index is 13.9. The van der Waals surface area contributed by atoms with Crippen molar-refractivity contribution < 1.29 is 8.78 Å². The van der Waals surface area contributed by atoms with Gasteiger partial charge in [-0.25, -0.2) is 8.78 Å². The molecule has 3 N–H and O–H groups in total. The number of nitrogens with two attached hydrogens (primary N) is 1. The maximum absolute atomic E-state index is 13.9. The Morgan fingerprint density at radius 3 is 2.00 bits per heavy atom. The molecule has 0 radical (unpaired) electrons. The van der Waals surface area contributed by atoms with Crippen molar-refractivity contribution in [1.29, 1.82) is 0 Å². The zero-order valence-electron chi connectivity index (χ0n) is 12.2. The monoisotopic (exact) mass is 282 g/mol. The molecule has 1 saturated carbocycles. The molecule has 0 spiro atoms. The summed E-state index contributed by atoms with van der Waals surface area (Å²) in [5, 5.41) is 0. The van der Waals surface area contributed by atoms with Crippen LogP contribution < -0.4 is 11.3 Å². The Morgan fingerprint density at radius 2 is 1.55 bits per heavy atom. The van der Waals surface area contributed by atoms with Crippen LogP contribution in [-0.2, 0) is 0 Å². The van der Waals surface area contributed by atoms with E-state index in [1.807, 2.05) is 0 Å². The second-order valence-corrected chi connectivity index (χ2v) is 6.20. The van der Waals surface area contributed by atoms with Gasteiger partial charge in [0.25, 0.3) is 0 Å². The maximum Gasteiger partial charge on any atom is 0.130 e. The lowest BCUT2D eigenvalue weighted by Gasteiger charge is -2.35. The first kappa shape index (κ1) is 15.4. The van der Waals surface area contributed by atoms with Crippen molar-refractivity contribution in [1.82, 2.24) is 5.43 Å². The van der Waals surface area contributed by atoms with Crippen molar-refractivity contribution in [2.75, 3.05) is 0 Å². The molecule has 1 aromatic rings. The molecule has 2 rings (SSSR count). The number of rotatable bonds is 4. The van der Waals surface area contributed by atoms with Crippen LogP contribution in [0, 0.1) is 29.4 Å². The van der Waals surface area contributed by atoms with Crippen LogP contribution in [0.1, 0.15) is 51.1 Å². The highest BCUT2D eigenvalue weighted by atomic mass is 19.1. The topological polar surface area (TPSA) is 38.0 Å². The van der Waals surface area contributed by atoms with Gasteiger partial charge in [-0.1, -0.05) is 19.9 Å². The van der Waals surface area contributed by atoms with E-state index in [1.54, 1.807) is 0 Å². The predicted octanol–water partition coefficient (Wildman–Crippen LogP) is 3.93. The fourth-order valence-electron chi connectivity index (χ4n) is 3.41. The Balaban J connectivity index is 2.14. The Hall–Kier alpha value is -1.00. The van der Waals surface area contributed by atoms with E-state index in [0.717, 1.165) is 31.6 Å². The minimum absolute atomic E-state index is 0.0861. The number of hydrogen-bond acceptors (Lipinski definition) is 2. The summed E-state index contributed by atoms with van der Waals surface area (Å²) in [4.78, 5) is 0. The molecular weight excluding hydrogens is 258 g/mol. The molecule has 0 saturated heterocycles. The number of benzene rings is 1. The van der Waals surface area contributed by atoms with Gasteiger partial charge in [-0.2, -0.15) is 0 Å². The molecule has 4 heteroatoms. The summed E-state index contributed by atoms with van der Waals surface area (Å²) >= 11 is 0. The van der Waals surface area contributed by atoms with Gasteiger partial charge in [-0.05, 0) is 55.6 Å². The van der Waals surface area contributed by atoms with Gasteiger partial charge < -0.3 is 0 Å². The SMILES string of the molecule is CC(C)C1CCC(C(NN)c2c(F)cccc2F)CC1. The van der Waals surface area contributed by atoms with Crippen LogP contribution in [0.4, 0.5) is 8.78 Å². The van der Waals surface area contributed by atoms with Crippen LogP contribution in [0.2, 0.25) is 0 Å². The summed E-state index contributed by atoms with van der Waals surface area (Å²) in [6.07, 6.45) is 4.14. The van der Waals surface area contributed by atoms with Gasteiger partial charge >= 0.3 is 0 Å². The van der Waals surface area contributed by atoms with E-state index in [1.165, 1.54) is 18.2 Å². The summed E-state index contributed by atoms with van der Waals surface area (Å²) in [6.45, 7) is 4.47. The molecule has 0 amide bonds. The lowest BCUT2D eigenvalue weighted by molar-refractivity contribution is 0.185. The Labute approximate surface area is 119 Å². The molecule has 0 aromatic heterocycles. The molecule has 20 heavy (non-hydrogen) atoms. The second kappa shape index (κ2) is 6.64. The smallest absolute Gasteiger partial charge is 0.130 e. The summed E-state index contributed by atoms with van der Waals surface area (Å²) in [7, 11) is 0. The van der Waals surface area contributed by atoms with Crippen LogP contribution in [0.25, 0.3) is 0 Å². The van der Waals surface area contributed by atoms with Crippen LogP contribution in [-0.4, -0.2) is 0 Å². The van der Waals surface area contributed by atoms with Gasteiger partial charge in [0, 0.05) is 5.56 Å². The first-order chi connectivity index (χ1) is 9.54. The molecule has 1 aromatic carbocycles. The molecule has 2 nitrogen and oxygen atoms in total. The normalized spacial score (nSPS) is 24.9. The Morgan fingerprint density at radius 1 is 1.05 bits per heavy atom. The highest BCUT2D eigenvalue weighted by Gasteiger charge is 2.31. The molecule has 1 atom stereocenters. The van der Waals surface area contributed by atoms with E-state index >= 15 is 0 Å². The van der Waals surface area contributed by atoms with Gasteiger partial charge in [0.15, 0.2) is 0 Å². The lowest BCUT2D eigenvalue weighted by Crippen LogP contribution is -2.37. The zero-order chi connectivity index (χ0) is 14.7. The van der Waals surface area contributed by atoms with Crippen molar-refractivity contribution in [2.24, 2.45) is 23.6 Å². The van der Waals surface area contributed by atoms with Gasteiger partial charge in [0.1, 0.15) is 11.6 Å².